The molecule has 0 aliphatic heterocycles. The van der Waals surface area contributed by atoms with Gasteiger partial charge in [-0.15, -0.1) is 23.7 Å². The number of nitrogens with two attached hydrogens (primary N) is 1. The lowest BCUT2D eigenvalue weighted by Gasteiger charge is -2.06. The summed E-state index contributed by atoms with van der Waals surface area (Å²) in [4.78, 5) is 17.8. The largest absolute Gasteiger partial charge is 0.467 e. The first-order valence-corrected chi connectivity index (χ1v) is 7.15. The monoisotopic (exact) mass is 313 g/mol. The first kappa shape index (κ1) is 15.0. The number of halogens is 1. The van der Waals surface area contributed by atoms with Gasteiger partial charge >= 0.3 is 0 Å². The zero-order chi connectivity index (χ0) is 13.2. The van der Waals surface area contributed by atoms with Crippen molar-refractivity contribution in [1.82, 2.24) is 4.98 Å². The molecule has 0 unspecified atom stereocenters. The summed E-state index contributed by atoms with van der Waals surface area (Å²) in [5.41, 5.74) is 7.07. The molecule has 0 atom stereocenters. The second kappa shape index (κ2) is 6.39. The van der Waals surface area contributed by atoms with E-state index in [1.807, 2.05) is 0 Å². The molecule has 0 saturated heterocycles. The number of carbonyl (C=O) groups excluding carboxylic acids is 1. The van der Waals surface area contributed by atoms with Crippen LogP contribution in [0.5, 0.6) is 0 Å². The maximum Gasteiger partial charge on any atom is 0.260 e. The molecule has 0 aromatic carbocycles. The van der Waals surface area contributed by atoms with E-state index in [4.69, 9.17) is 10.2 Å². The predicted octanol–water partition coefficient (Wildman–Crippen LogP) is 2.75. The average molecular weight is 314 g/mol. The number of aromatic nitrogens is 1. The van der Waals surface area contributed by atoms with Gasteiger partial charge in [0.25, 0.3) is 5.91 Å². The summed E-state index contributed by atoms with van der Waals surface area (Å²) in [6.45, 7) is 0.291. The number of hydrogen-bond donors (Lipinski definition) is 2. The molecule has 0 spiro atoms. The van der Waals surface area contributed by atoms with Gasteiger partial charge < -0.3 is 10.2 Å². The normalized spacial score (nSPS) is 13.4. The molecule has 3 N–H and O–H groups in total. The van der Waals surface area contributed by atoms with Crippen LogP contribution in [0, 0.1) is 0 Å². The Kier molecular flexibility index (Phi) is 4.80. The lowest BCUT2D eigenvalue weighted by atomic mass is 10.0. The van der Waals surface area contributed by atoms with Crippen LogP contribution in [0.15, 0.2) is 16.7 Å². The Morgan fingerprint density at radius 1 is 1.45 bits per heavy atom. The Hall–Kier alpha value is -1.37. The molecule has 1 amide bonds. The topological polar surface area (TPSA) is 81.2 Å². The Balaban J connectivity index is 0.00000147. The molecular weight excluding hydrogens is 298 g/mol. The molecule has 7 heteroatoms. The van der Waals surface area contributed by atoms with Crippen molar-refractivity contribution in [3.05, 3.63) is 34.2 Å². The molecule has 108 valence electrons. The van der Waals surface area contributed by atoms with Gasteiger partial charge in [-0.2, -0.15) is 0 Å². The molecule has 20 heavy (non-hydrogen) atoms. The number of nitrogens with one attached hydrogen (secondary N) is 1. The van der Waals surface area contributed by atoms with Crippen LogP contribution in [0.25, 0.3) is 0 Å². The molecule has 2 aromatic heterocycles. The van der Waals surface area contributed by atoms with Crippen LogP contribution in [0.2, 0.25) is 0 Å². The predicted molar refractivity (Wildman–Crippen MR) is 80.6 cm³/mol. The van der Waals surface area contributed by atoms with Crippen molar-refractivity contribution in [2.75, 3.05) is 5.32 Å². The SMILES string of the molecule is Cl.NCc1cc(C(=O)Nc2nc3c(s2)CCCC3)co1. The smallest absolute Gasteiger partial charge is 0.260 e. The van der Waals surface area contributed by atoms with E-state index in [-0.39, 0.29) is 18.3 Å². The first-order valence-electron chi connectivity index (χ1n) is 6.33. The van der Waals surface area contributed by atoms with Gasteiger partial charge in [0.15, 0.2) is 5.13 Å². The molecule has 5 nitrogen and oxygen atoms in total. The third-order valence-corrected chi connectivity index (χ3v) is 4.26. The van der Waals surface area contributed by atoms with Crippen molar-refractivity contribution in [2.45, 2.75) is 32.2 Å². The number of amides is 1. The van der Waals surface area contributed by atoms with E-state index >= 15 is 0 Å². The molecule has 0 saturated carbocycles. The Morgan fingerprint density at radius 3 is 2.95 bits per heavy atom. The highest BCUT2D eigenvalue weighted by Gasteiger charge is 2.17. The molecule has 0 fully saturated rings. The molecule has 2 aromatic rings. The zero-order valence-electron chi connectivity index (χ0n) is 10.8. The number of aryl methyl sites for hydroxylation is 2. The number of anilines is 1. The second-order valence-electron chi connectivity index (χ2n) is 4.56. The van der Waals surface area contributed by atoms with Crippen molar-refractivity contribution < 1.29 is 9.21 Å². The number of carbonyl (C=O) groups is 1. The molecule has 0 radical (unpaired) electrons. The minimum atomic E-state index is -0.199. The van der Waals surface area contributed by atoms with Crippen molar-refractivity contribution in [2.24, 2.45) is 5.73 Å². The van der Waals surface area contributed by atoms with Crippen LogP contribution < -0.4 is 11.1 Å². The van der Waals surface area contributed by atoms with Gasteiger partial charge in [-0.05, 0) is 31.7 Å². The van der Waals surface area contributed by atoms with Crippen molar-refractivity contribution in [3.8, 4) is 0 Å². The summed E-state index contributed by atoms with van der Waals surface area (Å²) in [7, 11) is 0. The second-order valence-corrected chi connectivity index (χ2v) is 5.64. The third-order valence-electron chi connectivity index (χ3n) is 3.18. The average Bonchev–Trinajstić information content (AvgIpc) is 3.04. The molecular formula is C13H16ClN3O2S. The summed E-state index contributed by atoms with van der Waals surface area (Å²) >= 11 is 1.57. The lowest BCUT2D eigenvalue weighted by Crippen LogP contribution is -2.10. The standard InChI is InChI=1S/C13H15N3O2S.ClH/c14-6-9-5-8(7-18-9)12(17)16-13-15-10-3-1-2-4-11(10)19-13;/h5,7H,1-4,6,14H2,(H,15,16,17);1H. The van der Waals surface area contributed by atoms with Crippen LogP contribution in [0.4, 0.5) is 5.13 Å². The third kappa shape index (κ3) is 3.03. The van der Waals surface area contributed by atoms with Crippen molar-refractivity contribution >= 4 is 34.8 Å². The van der Waals surface area contributed by atoms with Gasteiger partial charge in [-0.25, -0.2) is 4.98 Å². The molecule has 3 rings (SSSR count). The first-order chi connectivity index (χ1) is 9.26. The van der Waals surface area contributed by atoms with Gasteiger partial charge in [0.2, 0.25) is 0 Å². The Bertz CT molecular complexity index is 585. The van der Waals surface area contributed by atoms with E-state index in [1.165, 1.54) is 24.0 Å². The number of nitrogens with zero attached hydrogens (tertiary/aromatic N) is 1. The molecule has 2 heterocycles. The van der Waals surface area contributed by atoms with Crippen LogP contribution in [-0.4, -0.2) is 10.9 Å². The highest BCUT2D eigenvalue weighted by atomic mass is 35.5. The van der Waals surface area contributed by atoms with Gasteiger partial charge in [-0.3, -0.25) is 10.1 Å². The molecule has 0 bridgehead atoms. The van der Waals surface area contributed by atoms with Crippen molar-refractivity contribution in [1.29, 1.82) is 0 Å². The minimum absolute atomic E-state index is 0. The highest BCUT2D eigenvalue weighted by Crippen LogP contribution is 2.29. The summed E-state index contributed by atoms with van der Waals surface area (Å²) in [5, 5.41) is 3.49. The highest BCUT2D eigenvalue weighted by molar-refractivity contribution is 7.15. The number of hydrogen-bond acceptors (Lipinski definition) is 5. The zero-order valence-corrected chi connectivity index (χ0v) is 12.5. The molecule has 1 aliphatic carbocycles. The van der Waals surface area contributed by atoms with Gasteiger partial charge in [0.1, 0.15) is 12.0 Å². The van der Waals surface area contributed by atoms with E-state index in [1.54, 1.807) is 17.4 Å². The van der Waals surface area contributed by atoms with Crippen LogP contribution in [0.3, 0.4) is 0 Å². The maximum absolute atomic E-state index is 12.0. The molecule has 1 aliphatic rings. The van der Waals surface area contributed by atoms with E-state index in [0.717, 1.165) is 18.5 Å². The van der Waals surface area contributed by atoms with E-state index in [9.17, 15) is 4.79 Å². The van der Waals surface area contributed by atoms with E-state index in [0.29, 0.717) is 23.0 Å². The number of furan rings is 1. The van der Waals surface area contributed by atoms with Crippen LogP contribution in [-0.2, 0) is 19.4 Å². The summed E-state index contributed by atoms with van der Waals surface area (Å²) in [6.07, 6.45) is 5.91. The summed E-state index contributed by atoms with van der Waals surface area (Å²) < 4.78 is 5.15. The number of fused-ring (bicyclic) bond motifs is 1. The van der Waals surface area contributed by atoms with Gasteiger partial charge in [-0.1, -0.05) is 0 Å². The number of rotatable bonds is 3. The fourth-order valence-corrected chi connectivity index (χ4v) is 3.23. The summed E-state index contributed by atoms with van der Waals surface area (Å²) in [6, 6.07) is 1.66. The quantitative estimate of drug-likeness (QED) is 0.913. The maximum atomic E-state index is 12.0. The van der Waals surface area contributed by atoms with E-state index < -0.39 is 0 Å². The fraction of sp³-hybridized carbons (Fsp3) is 0.385. The Labute approximate surface area is 127 Å². The van der Waals surface area contributed by atoms with Crippen LogP contribution >= 0.6 is 23.7 Å². The lowest BCUT2D eigenvalue weighted by molar-refractivity contribution is 0.102. The number of thiazole rings is 1. The minimum Gasteiger partial charge on any atom is -0.467 e. The van der Waals surface area contributed by atoms with Crippen LogP contribution in [0.1, 0.15) is 39.5 Å². The summed E-state index contributed by atoms with van der Waals surface area (Å²) in [5.74, 6) is 0.401. The van der Waals surface area contributed by atoms with E-state index in [2.05, 4.69) is 10.3 Å². The van der Waals surface area contributed by atoms with Gasteiger partial charge in [0.05, 0.1) is 17.8 Å². The van der Waals surface area contributed by atoms with Gasteiger partial charge in [0, 0.05) is 4.88 Å². The van der Waals surface area contributed by atoms with Crippen molar-refractivity contribution in [3.63, 3.8) is 0 Å². The fourth-order valence-electron chi connectivity index (χ4n) is 2.18. The Morgan fingerprint density at radius 2 is 2.25 bits per heavy atom.